The lowest BCUT2D eigenvalue weighted by Crippen LogP contribution is -2.50. The SMILES string of the molecule is CCC(C)C(NC(=O)c1ccc(Cl)cc1)C(=O)NCc1ccc2c(c1)CNC2. The van der Waals surface area contributed by atoms with Crippen molar-refractivity contribution in [2.45, 2.75) is 45.9 Å². The van der Waals surface area contributed by atoms with Crippen LogP contribution < -0.4 is 16.0 Å². The van der Waals surface area contributed by atoms with Gasteiger partial charge in [-0.15, -0.1) is 0 Å². The first kappa shape index (κ1) is 20.4. The Kier molecular flexibility index (Phi) is 6.70. The summed E-state index contributed by atoms with van der Waals surface area (Å²) < 4.78 is 0. The fourth-order valence-corrected chi connectivity index (χ4v) is 3.41. The zero-order valence-corrected chi connectivity index (χ0v) is 17.0. The van der Waals surface area contributed by atoms with Gasteiger partial charge in [-0.2, -0.15) is 0 Å². The fraction of sp³-hybridized carbons (Fsp3) is 0.364. The lowest BCUT2D eigenvalue weighted by molar-refractivity contribution is -0.124. The van der Waals surface area contributed by atoms with Gasteiger partial charge in [-0.3, -0.25) is 9.59 Å². The van der Waals surface area contributed by atoms with Crippen LogP contribution >= 0.6 is 11.6 Å². The largest absolute Gasteiger partial charge is 0.350 e. The van der Waals surface area contributed by atoms with Gasteiger partial charge in [0.2, 0.25) is 5.91 Å². The van der Waals surface area contributed by atoms with Crippen LogP contribution in [0.3, 0.4) is 0 Å². The van der Waals surface area contributed by atoms with Gasteiger partial charge >= 0.3 is 0 Å². The topological polar surface area (TPSA) is 70.2 Å². The van der Waals surface area contributed by atoms with E-state index in [1.807, 2.05) is 19.9 Å². The highest BCUT2D eigenvalue weighted by Crippen LogP contribution is 2.17. The van der Waals surface area contributed by atoms with Gasteiger partial charge in [0, 0.05) is 30.2 Å². The minimum Gasteiger partial charge on any atom is -0.350 e. The van der Waals surface area contributed by atoms with Crippen LogP contribution in [0.4, 0.5) is 0 Å². The molecule has 0 fully saturated rings. The van der Waals surface area contributed by atoms with Gasteiger partial charge in [0.15, 0.2) is 0 Å². The Morgan fingerprint density at radius 1 is 1.11 bits per heavy atom. The number of nitrogens with one attached hydrogen (secondary N) is 3. The maximum Gasteiger partial charge on any atom is 0.251 e. The van der Waals surface area contributed by atoms with E-state index in [4.69, 9.17) is 11.6 Å². The zero-order valence-electron chi connectivity index (χ0n) is 16.2. The van der Waals surface area contributed by atoms with Gasteiger partial charge < -0.3 is 16.0 Å². The van der Waals surface area contributed by atoms with Crippen LogP contribution in [0.1, 0.15) is 47.3 Å². The highest BCUT2D eigenvalue weighted by Gasteiger charge is 2.26. The molecule has 2 unspecified atom stereocenters. The summed E-state index contributed by atoms with van der Waals surface area (Å²) in [4.78, 5) is 25.4. The standard InChI is InChI=1S/C22H26ClN3O2/c1-3-14(2)20(26-21(27)16-6-8-19(23)9-7-16)22(28)25-11-15-4-5-17-12-24-13-18(17)10-15/h4-10,14,20,24H,3,11-13H2,1-2H3,(H,25,28)(H,26,27). The minimum absolute atomic E-state index is 0.0143. The average Bonchev–Trinajstić information content (AvgIpc) is 3.17. The molecule has 3 N–H and O–H groups in total. The van der Waals surface area contributed by atoms with Crippen molar-refractivity contribution in [2.75, 3.05) is 0 Å². The second-order valence-corrected chi connectivity index (χ2v) is 7.70. The van der Waals surface area contributed by atoms with Crippen LogP contribution in [0, 0.1) is 5.92 Å². The Hall–Kier alpha value is -2.37. The molecule has 0 bridgehead atoms. The molecule has 0 saturated heterocycles. The third-order valence-corrected chi connectivity index (χ3v) is 5.51. The van der Waals surface area contributed by atoms with Gasteiger partial charge in [-0.05, 0) is 46.9 Å². The summed E-state index contributed by atoms with van der Waals surface area (Å²) in [7, 11) is 0. The molecule has 0 aromatic heterocycles. The molecule has 2 aromatic carbocycles. The molecule has 1 aliphatic heterocycles. The molecule has 2 amide bonds. The summed E-state index contributed by atoms with van der Waals surface area (Å²) in [5, 5.41) is 9.74. The maximum atomic E-state index is 12.8. The second kappa shape index (κ2) is 9.22. The van der Waals surface area contributed by atoms with Crippen molar-refractivity contribution in [3.05, 3.63) is 69.7 Å². The lowest BCUT2D eigenvalue weighted by Gasteiger charge is -2.23. The highest BCUT2D eigenvalue weighted by atomic mass is 35.5. The second-order valence-electron chi connectivity index (χ2n) is 7.27. The molecule has 0 spiro atoms. The van der Waals surface area contributed by atoms with Crippen molar-refractivity contribution < 1.29 is 9.59 Å². The summed E-state index contributed by atoms with van der Waals surface area (Å²) in [6.07, 6.45) is 0.781. The first-order chi connectivity index (χ1) is 13.5. The third kappa shape index (κ3) is 4.91. The van der Waals surface area contributed by atoms with E-state index in [0.717, 1.165) is 25.1 Å². The summed E-state index contributed by atoms with van der Waals surface area (Å²) in [5.74, 6) is -0.434. The van der Waals surface area contributed by atoms with Crippen molar-refractivity contribution in [1.82, 2.24) is 16.0 Å². The van der Waals surface area contributed by atoms with Crippen LogP contribution in [0.5, 0.6) is 0 Å². The summed E-state index contributed by atoms with van der Waals surface area (Å²) in [5.41, 5.74) is 4.13. The molecule has 2 atom stereocenters. The number of fused-ring (bicyclic) bond motifs is 1. The van der Waals surface area contributed by atoms with Gasteiger partial charge in [0.05, 0.1) is 0 Å². The summed E-state index contributed by atoms with van der Waals surface area (Å²) >= 11 is 5.88. The Bertz CT molecular complexity index is 851. The molecule has 2 aromatic rings. The number of carbonyl (C=O) groups is 2. The molecule has 0 aliphatic carbocycles. The Morgan fingerprint density at radius 3 is 2.54 bits per heavy atom. The van der Waals surface area contributed by atoms with E-state index in [1.54, 1.807) is 24.3 Å². The highest BCUT2D eigenvalue weighted by molar-refractivity contribution is 6.30. The molecule has 3 rings (SSSR count). The molecule has 6 heteroatoms. The first-order valence-electron chi connectivity index (χ1n) is 9.63. The van der Waals surface area contributed by atoms with Crippen molar-refractivity contribution in [3.63, 3.8) is 0 Å². The van der Waals surface area contributed by atoms with Gasteiger partial charge in [-0.25, -0.2) is 0 Å². The molecule has 0 saturated carbocycles. The van der Waals surface area contributed by atoms with E-state index < -0.39 is 6.04 Å². The monoisotopic (exact) mass is 399 g/mol. The molecule has 28 heavy (non-hydrogen) atoms. The molecular weight excluding hydrogens is 374 g/mol. The number of halogens is 1. The molecule has 5 nitrogen and oxygen atoms in total. The number of amides is 2. The predicted octanol–water partition coefficient (Wildman–Crippen LogP) is 3.40. The van der Waals surface area contributed by atoms with Crippen molar-refractivity contribution in [3.8, 4) is 0 Å². The molecule has 148 valence electrons. The van der Waals surface area contributed by atoms with Crippen LogP contribution in [0.2, 0.25) is 5.02 Å². The van der Waals surface area contributed by atoms with Crippen LogP contribution in [-0.4, -0.2) is 17.9 Å². The van der Waals surface area contributed by atoms with E-state index in [9.17, 15) is 9.59 Å². The van der Waals surface area contributed by atoms with Crippen molar-refractivity contribution in [2.24, 2.45) is 5.92 Å². The Morgan fingerprint density at radius 2 is 1.82 bits per heavy atom. The third-order valence-electron chi connectivity index (χ3n) is 5.26. The fourth-order valence-electron chi connectivity index (χ4n) is 3.28. The zero-order chi connectivity index (χ0) is 20.1. The van der Waals surface area contributed by atoms with Gasteiger partial charge in [-0.1, -0.05) is 50.1 Å². The quantitative estimate of drug-likeness (QED) is 0.668. The van der Waals surface area contributed by atoms with Crippen molar-refractivity contribution in [1.29, 1.82) is 0 Å². The number of hydrogen-bond acceptors (Lipinski definition) is 3. The molecular formula is C22H26ClN3O2. The smallest absolute Gasteiger partial charge is 0.251 e. The molecule has 1 heterocycles. The van der Waals surface area contributed by atoms with Gasteiger partial charge in [0.1, 0.15) is 6.04 Å². The van der Waals surface area contributed by atoms with Crippen molar-refractivity contribution >= 4 is 23.4 Å². The van der Waals surface area contributed by atoms with Crippen LogP contribution in [-0.2, 0) is 24.4 Å². The predicted molar refractivity (Wildman–Crippen MR) is 111 cm³/mol. The Balaban J connectivity index is 1.64. The van der Waals surface area contributed by atoms with Crippen LogP contribution in [0.25, 0.3) is 0 Å². The molecule has 0 radical (unpaired) electrons. The normalized spacial score (nSPS) is 14.8. The molecule has 1 aliphatic rings. The van der Waals surface area contributed by atoms with E-state index in [1.165, 1.54) is 11.1 Å². The van der Waals surface area contributed by atoms with E-state index in [2.05, 4.69) is 28.1 Å². The Labute approximate surface area is 170 Å². The lowest BCUT2D eigenvalue weighted by atomic mass is 9.97. The first-order valence-corrected chi connectivity index (χ1v) is 10.0. The minimum atomic E-state index is -0.593. The van der Waals surface area contributed by atoms with E-state index >= 15 is 0 Å². The number of hydrogen-bond donors (Lipinski definition) is 3. The number of carbonyl (C=O) groups excluding carboxylic acids is 2. The van der Waals surface area contributed by atoms with Crippen LogP contribution in [0.15, 0.2) is 42.5 Å². The number of benzene rings is 2. The maximum absolute atomic E-state index is 12.8. The summed E-state index contributed by atoms with van der Waals surface area (Å²) in [6.45, 7) is 6.18. The summed E-state index contributed by atoms with van der Waals surface area (Å²) in [6, 6.07) is 12.3. The number of rotatable bonds is 7. The van der Waals surface area contributed by atoms with E-state index in [-0.39, 0.29) is 17.7 Å². The average molecular weight is 400 g/mol. The van der Waals surface area contributed by atoms with Gasteiger partial charge in [0.25, 0.3) is 5.91 Å². The van der Waals surface area contributed by atoms with E-state index in [0.29, 0.717) is 17.1 Å².